The van der Waals surface area contributed by atoms with Gasteiger partial charge in [-0.3, -0.25) is 0 Å². The van der Waals surface area contributed by atoms with Gasteiger partial charge in [-0.1, -0.05) is 15.9 Å². The predicted octanol–water partition coefficient (Wildman–Crippen LogP) is 1.76. The molecule has 0 aliphatic rings. The number of carbonyl (C=O) groups is 1. The van der Waals surface area contributed by atoms with Gasteiger partial charge in [0, 0.05) is 4.99 Å². The normalized spacial score (nSPS) is 11.2. The van der Waals surface area contributed by atoms with Crippen molar-refractivity contribution in [1.82, 2.24) is 0 Å². The number of rotatable bonds is 2. The van der Waals surface area contributed by atoms with Crippen molar-refractivity contribution >= 4 is 21.9 Å². The smallest absolute Gasteiger partial charge is 0.367 e. The van der Waals surface area contributed by atoms with E-state index >= 15 is 0 Å². The topological polar surface area (TPSA) is 26.3 Å². The summed E-state index contributed by atoms with van der Waals surface area (Å²) in [5.74, 6) is -1.86. The Morgan fingerprint density at radius 1 is 1.89 bits per heavy atom. The molecule has 0 unspecified atom stereocenters. The van der Waals surface area contributed by atoms with Gasteiger partial charge < -0.3 is 4.74 Å². The first-order valence-corrected chi connectivity index (χ1v) is 3.27. The molecule has 0 atom stereocenters. The molecule has 0 aliphatic carbocycles. The van der Waals surface area contributed by atoms with Gasteiger partial charge in [-0.15, -0.1) is 0 Å². The van der Waals surface area contributed by atoms with Crippen LogP contribution in [0.4, 0.5) is 4.39 Å². The van der Waals surface area contributed by atoms with Crippen LogP contribution in [0.25, 0.3) is 0 Å². The fourth-order valence-electron chi connectivity index (χ4n) is 0.245. The van der Waals surface area contributed by atoms with Crippen molar-refractivity contribution in [3.63, 3.8) is 0 Å². The lowest BCUT2D eigenvalue weighted by Crippen LogP contribution is -2.03. The number of esters is 1. The highest BCUT2D eigenvalue weighted by Crippen LogP contribution is 2.01. The number of carbonyl (C=O) groups excluding carboxylic acids is 1. The van der Waals surface area contributed by atoms with E-state index < -0.39 is 11.8 Å². The minimum atomic E-state index is -0.936. The fourth-order valence-corrected chi connectivity index (χ4v) is 0.431. The fraction of sp³-hybridized carbons (Fsp3) is 0.400. The van der Waals surface area contributed by atoms with Crippen molar-refractivity contribution in [2.24, 2.45) is 0 Å². The summed E-state index contributed by atoms with van der Waals surface area (Å²) in [6.07, 6.45) is 0. The quantitative estimate of drug-likeness (QED) is 0.497. The van der Waals surface area contributed by atoms with Gasteiger partial charge in [0.1, 0.15) is 0 Å². The lowest BCUT2D eigenvalue weighted by Gasteiger charge is -1.94. The molecule has 0 aromatic carbocycles. The van der Waals surface area contributed by atoms with E-state index in [1.807, 2.05) is 0 Å². The van der Waals surface area contributed by atoms with Crippen LogP contribution in [0.2, 0.25) is 0 Å². The molecule has 0 rings (SSSR count). The Labute approximate surface area is 60.8 Å². The van der Waals surface area contributed by atoms with Crippen LogP contribution in [-0.2, 0) is 9.53 Å². The van der Waals surface area contributed by atoms with Gasteiger partial charge in [0.25, 0.3) is 0 Å². The van der Waals surface area contributed by atoms with Crippen LogP contribution >= 0.6 is 15.9 Å². The summed E-state index contributed by atoms with van der Waals surface area (Å²) in [6.45, 7) is 1.80. The minimum Gasteiger partial charge on any atom is -0.461 e. The van der Waals surface area contributed by atoms with Gasteiger partial charge in [0.2, 0.25) is 5.83 Å². The Kier molecular flexibility index (Phi) is 4.30. The third-order valence-electron chi connectivity index (χ3n) is 0.566. The zero-order chi connectivity index (χ0) is 7.28. The highest BCUT2D eigenvalue weighted by Gasteiger charge is 2.06. The molecule has 0 saturated carbocycles. The standard InChI is InChI=1S/C5H6BrFO2/c1-2-9-5(8)4(7)3-6/h3H,2H2,1H3/b4-3-. The van der Waals surface area contributed by atoms with Gasteiger partial charge in [-0.25, -0.2) is 4.79 Å². The molecule has 0 amide bonds. The van der Waals surface area contributed by atoms with Gasteiger partial charge in [0.05, 0.1) is 6.61 Å². The molecule has 0 N–H and O–H groups in total. The number of halogens is 2. The third-order valence-corrected chi connectivity index (χ3v) is 0.968. The largest absolute Gasteiger partial charge is 0.461 e. The summed E-state index contributed by atoms with van der Waals surface area (Å²) >= 11 is 2.65. The van der Waals surface area contributed by atoms with Gasteiger partial charge in [-0.2, -0.15) is 4.39 Å². The van der Waals surface area contributed by atoms with E-state index in [2.05, 4.69) is 20.7 Å². The lowest BCUT2D eigenvalue weighted by atomic mass is 10.6. The van der Waals surface area contributed by atoms with Gasteiger partial charge in [-0.05, 0) is 6.92 Å². The highest BCUT2D eigenvalue weighted by molar-refractivity contribution is 9.11. The molecule has 4 heteroatoms. The molecule has 0 fully saturated rings. The third kappa shape index (κ3) is 3.24. The molecule has 52 valence electrons. The first-order valence-electron chi connectivity index (χ1n) is 2.35. The van der Waals surface area contributed by atoms with Crippen LogP contribution < -0.4 is 0 Å². The summed E-state index contributed by atoms with van der Waals surface area (Å²) in [5, 5.41) is 0. The molecular formula is C5H6BrFO2. The van der Waals surface area contributed by atoms with Crippen molar-refractivity contribution in [3.05, 3.63) is 10.8 Å². The maximum Gasteiger partial charge on any atom is 0.367 e. The van der Waals surface area contributed by atoms with E-state index in [1.54, 1.807) is 6.92 Å². The van der Waals surface area contributed by atoms with Gasteiger partial charge >= 0.3 is 5.97 Å². The molecule has 0 bridgehead atoms. The average Bonchev–Trinajstić information content (AvgIpc) is 1.87. The number of ether oxygens (including phenoxy) is 1. The maximum atomic E-state index is 12.1. The van der Waals surface area contributed by atoms with Crippen molar-refractivity contribution in [1.29, 1.82) is 0 Å². The highest BCUT2D eigenvalue weighted by atomic mass is 79.9. The molecule has 0 radical (unpaired) electrons. The predicted molar refractivity (Wildman–Crippen MR) is 34.8 cm³/mol. The molecule has 0 heterocycles. The second kappa shape index (κ2) is 4.49. The summed E-state index contributed by atoms with van der Waals surface area (Å²) in [4.78, 5) is 11.2. The molecule has 9 heavy (non-hydrogen) atoms. The van der Waals surface area contributed by atoms with Crippen LogP contribution in [-0.4, -0.2) is 12.6 Å². The second-order valence-corrected chi connectivity index (χ2v) is 1.64. The first-order chi connectivity index (χ1) is 4.22. The Hall–Kier alpha value is -0.380. The van der Waals surface area contributed by atoms with Crippen LogP contribution in [0.1, 0.15) is 6.92 Å². The van der Waals surface area contributed by atoms with E-state index in [-0.39, 0.29) is 6.61 Å². The summed E-state index contributed by atoms with van der Waals surface area (Å²) in [7, 11) is 0. The van der Waals surface area contributed by atoms with Crippen molar-refractivity contribution in [3.8, 4) is 0 Å². The summed E-state index contributed by atoms with van der Waals surface area (Å²) < 4.78 is 16.3. The van der Waals surface area contributed by atoms with Crippen LogP contribution in [0.3, 0.4) is 0 Å². The molecular weight excluding hydrogens is 191 g/mol. The van der Waals surface area contributed by atoms with E-state index in [4.69, 9.17) is 0 Å². The average molecular weight is 197 g/mol. The molecule has 2 nitrogen and oxygen atoms in total. The number of hydrogen-bond acceptors (Lipinski definition) is 2. The number of hydrogen-bond donors (Lipinski definition) is 0. The van der Waals surface area contributed by atoms with E-state index in [0.717, 1.165) is 4.99 Å². The summed E-state index contributed by atoms with van der Waals surface area (Å²) in [6, 6.07) is 0. The van der Waals surface area contributed by atoms with Gasteiger partial charge in [0.15, 0.2) is 0 Å². The van der Waals surface area contributed by atoms with Crippen LogP contribution in [0, 0.1) is 0 Å². The Bertz CT molecular complexity index is 133. The van der Waals surface area contributed by atoms with Crippen molar-refractivity contribution < 1.29 is 13.9 Å². The SMILES string of the molecule is CCOC(=O)/C(F)=C/Br. The first kappa shape index (κ1) is 8.62. The molecule has 0 aliphatic heterocycles. The molecule has 0 aromatic rings. The zero-order valence-corrected chi connectivity index (χ0v) is 6.44. The van der Waals surface area contributed by atoms with E-state index in [9.17, 15) is 9.18 Å². The van der Waals surface area contributed by atoms with E-state index in [0.29, 0.717) is 0 Å². The Morgan fingerprint density at radius 3 is 2.78 bits per heavy atom. The second-order valence-electron chi connectivity index (χ2n) is 1.18. The minimum absolute atomic E-state index is 0.188. The lowest BCUT2D eigenvalue weighted by molar-refractivity contribution is -0.140. The molecule has 0 aromatic heterocycles. The Morgan fingerprint density at radius 2 is 2.44 bits per heavy atom. The monoisotopic (exact) mass is 196 g/mol. The molecule has 0 spiro atoms. The Balaban J connectivity index is 3.74. The van der Waals surface area contributed by atoms with Crippen molar-refractivity contribution in [2.75, 3.05) is 6.61 Å². The molecule has 0 saturated heterocycles. The van der Waals surface area contributed by atoms with Crippen LogP contribution in [0.5, 0.6) is 0 Å². The van der Waals surface area contributed by atoms with Crippen LogP contribution in [0.15, 0.2) is 10.8 Å². The zero-order valence-electron chi connectivity index (χ0n) is 4.86. The maximum absolute atomic E-state index is 12.1. The van der Waals surface area contributed by atoms with Crippen molar-refractivity contribution in [2.45, 2.75) is 6.92 Å². The van der Waals surface area contributed by atoms with E-state index in [1.165, 1.54) is 0 Å². The summed E-state index contributed by atoms with van der Waals surface area (Å²) in [5.41, 5.74) is 0.